The zero-order valence-electron chi connectivity index (χ0n) is 11.5. The van der Waals surface area contributed by atoms with Gasteiger partial charge in [0.15, 0.2) is 9.84 Å². The minimum Gasteiger partial charge on any atom is -0.370 e. The molecule has 0 radical (unpaired) electrons. The van der Waals surface area contributed by atoms with Crippen LogP contribution in [0, 0.1) is 10.1 Å². The highest BCUT2D eigenvalue weighted by Crippen LogP contribution is 2.30. The van der Waals surface area contributed by atoms with Crippen molar-refractivity contribution in [2.24, 2.45) is 0 Å². The molecule has 1 rings (SSSR count). The van der Waals surface area contributed by atoms with E-state index in [2.05, 4.69) is 0 Å². The molecule has 0 heterocycles. The molecule has 6 nitrogen and oxygen atoms in total. The largest absolute Gasteiger partial charge is 0.370 e. The van der Waals surface area contributed by atoms with E-state index < -0.39 is 14.8 Å². The number of non-ortho nitro benzene ring substituents is 1. The summed E-state index contributed by atoms with van der Waals surface area (Å²) in [5, 5.41) is 10.9. The predicted molar refractivity (Wildman–Crippen MR) is 80.3 cm³/mol. The van der Waals surface area contributed by atoms with Crippen molar-refractivity contribution in [3.05, 3.63) is 33.3 Å². The van der Waals surface area contributed by atoms with E-state index in [4.69, 9.17) is 11.6 Å². The van der Waals surface area contributed by atoms with Gasteiger partial charge in [0.05, 0.1) is 21.4 Å². The summed E-state index contributed by atoms with van der Waals surface area (Å²) in [5.74, 6) is 0.0898. The number of rotatable bonds is 6. The fraction of sp³-hybridized carbons (Fsp3) is 0.500. The summed E-state index contributed by atoms with van der Waals surface area (Å²) in [7, 11) is -1.39. The van der Waals surface area contributed by atoms with Crippen LogP contribution in [0.5, 0.6) is 0 Å². The Hall–Kier alpha value is -1.34. The molecule has 0 aliphatic heterocycles. The average molecular weight is 321 g/mol. The Morgan fingerprint density at radius 2 is 2.05 bits per heavy atom. The normalized spacial score (nSPS) is 13.0. The second-order valence-corrected chi connectivity index (χ2v) is 7.36. The molecular weight excluding hydrogens is 304 g/mol. The second-order valence-electron chi connectivity index (χ2n) is 4.55. The van der Waals surface area contributed by atoms with Gasteiger partial charge in [-0.1, -0.05) is 18.5 Å². The molecular formula is C12H17ClN2O4S. The smallest absolute Gasteiger partial charge is 0.271 e. The Balaban J connectivity index is 2.97. The van der Waals surface area contributed by atoms with Gasteiger partial charge in [0, 0.05) is 31.0 Å². The number of hydrogen-bond acceptors (Lipinski definition) is 5. The fourth-order valence-corrected chi connectivity index (χ4v) is 3.23. The lowest BCUT2D eigenvalue weighted by atomic mass is 10.2. The van der Waals surface area contributed by atoms with Gasteiger partial charge in [-0.15, -0.1) is 0 Å². The summed E-state index contributed by atoms with van der Waals surface area (Å²) in [6.45, 7) is 3.37. The van der Waals surface area contributed by atoms with Crippen molar-refractivity contribution in [3.8, 4) is 0 Å². The molecule has 0 bridgehead atoms. The number of nitro groups is 1. The van der Waals surface area contributed by atoms with Crippen molar-refractivity contribution in [1.82, 2.24) is 0 Å². The molecule has 1 aromatic carbocycles. The van der Waals surface area contributed by atoms with Crippen molar-refractivity contribution >= 4 is 32.8 Å². The molecule has 0 spiro atoms. The maximum absolute atomic E-state index is 11.6. The van der Waals surface area contributed by atoms with Gasteiger partial charge in [0.25, 0.3) is 5.69 Å². The molecule has 0 amide bonds. The van der Waals surface area contributed by atoms with Crippen molar-refractivity contribution in [3.63, 3.8) is 0 Å². The van der Waals surface area contributed by atoms with Crippen LogP contribution in [0.25, 0.3) is 0 Å². The first kappa shape index (κ1) is 16.7. The molecule has 0 saturated heterocycles. The van der Waals surface area contributed by atoms with Gasteiger partial charge in [0.1, 0.15) is 0 Å². The maximum Gasteiger partial charge on any atom is 0.271 e. The van der Waals surface area contributed by atoms with Crippen LogP contribution in [0.4, 0.5) is 11.4 Å². The number of nitrogens with zero attached hydrogens (tertiary/aromatic N) is 2. The first-order valence-corrected chi connectivity index (χ1v) is 8.25. The molecule has 0 aromatic heterocycles. The first-order chi connectivity index (χ1) is 9.18. The molecule has 8 heteroatoms. The fourth-order valence-electron chi connectivity index (χ4n) is 1.73. The van der Waals surface area contributed by atoms with E-state index >= 15 is 0 Å². The average Bonchev–Trinajstić information content (AvgIpc) is 2.37. The van der Waals surface area contributed by atoms with Crippen LogP contribution < -0.4 is 4.90 Å². The second kappa shape index (κ2) is 6.41. The molecule has 0 aliphatic carbocycles. The van der Waals surface area contributed by atoms with Gasteiger partial charge >= 0.3 is 0 Å². The Kier molecular flexibility index (Phi) is 5.35. The van der Waals surface area contributed by atoms with Gasteiger partial charge < -0.3 is 4.90 Å². The van der Waals surface area contributed by atoms with Crippen LogP contribution in [0.2, 0.25) is 5.02 Å². The standard InChI is InChI=1S/C12H17ClN2O4S/c1-4-20(18,19)8-9(2)14(3)12-6-5-10(15(16)17)7-11(12)13/h5-7,9H,4,8H2,1-3H3/t9-/m0/s1. The van der Waals surface area contributed by atoms with E-state index in [1.54, 1.807) is 25.8 Å². The number of halogens is 1. The first-order valence-electron chi connectivity index (χ1n) is 6.05. The quantitative estimate of drug-likeness (QED) is 0.594. The number of nitro benzene ring substituents is 1. The molecule has 0 fully saturated rings. The van der Waals surface area contributed by atoms with E-state index in [1.807, 2.05) is 0 Å². The Labute approximate surface area is 123 Å². The van der Waals surface area contributed by atoms with Crippen molar-refractivity contribution < 1.29 is 13.3 Å². The van der Waals surface area contributed by atoms with Crippen molar-refractivity contribution in [1.29, 1.82) is 0 Å². The van der Waals surface area contributed by atoms with E-state index in [0.29, 0.717) is 5.69 Å². The van der Waals surface area contributed by atoms with E-state index in [1.165, 1.54) is 18.2 Å². The van der Waals surface area contributed by atoms with Crippen LogP contribution in [0.1, 0.15) is 13.8 Å². The third kappa shape index (κ3) is 4.08. The number of hydrogen-bond donors (Lipinski definition) is 0. The Bertz CT molecular complexity index is 603. The highest BCUT2D eigenvalue weighted by atomic mass is 35.5. The molecule has 0 unspecified atom stereocenters. The van der Waals surface area contributed by atoms with Crippen molar-refractivity contribution in [2.45, 2.75) is 19.9 Å². The molecule has 112 valence electrons. The molecule has 0 saturated carbocycles. The molecule has 1 atom stereocenters. The molecule has 0 aliphatic rings. The van der Waals surface area contributed by atoms with Crippen LogP contribution in [0.3, 0.4) is 0 Å². The van der Waals surface area contributed by atoms with Crippen LogP contribution in [-0.2, 0) is 9.84 Å². The number of sulfone groups is 1. The highest BCUT2D eigenvalue weighted by molar-refractivity contribution is 7.91. The third-order valence-electron chi connectivity index (χ3n) is 3.12. The zero-order chi connectivity index (χ0) is 15.5. The SMILES string of the molecule is CCS(=O)(=O)C[C@H](C)N(C)c1ccc([N+](=O)[O-])cc1Cl. The summed E-state index contributed by atoms with van der Waals surface area (Å²) in [5.41, 5.74) is 0.469. The summed E-state index contributed by atoms with van der Waals surface area (Å²) in [6, 6.07) is 3.85. The van der Waals surface area contributed by atoms with E-state index in [9.17, 15) is 18.5 Å². The summed E-state index contributed by atoms with van der Waals surface area (Å²) in [4.78, 5) is 11.8. The Morgan fingerprint density at radius 3 is 2.50 bits per heavy atom. The van der Waals surface area contributed by atoms with Gasteiger partial charge in [-0.3, -0.25) is 10.1 Å². The minimum absolute atomic E-state index is 0.00726. The predicted octanol–water partition coefficient (Wildman–Crippen LogP) is 2.51. The lowest BCUT2D eigenvalue weighted by Crippen LogP contribution is -2.35. The highest BCUT2D eigenvalue weighted by Gasteiger charge is 2.20. The van der Waals surface area contributed by atoms with Crippen LogP contribution >= 0.6 is 11.6 Å². The molecule has 20 heavy (non-hydrogen) atoms. The Morgan fingerprint density at radius 1 is 1.45 bits per heavy atom. The third-order valence-corrected chi connectivity index (χ3v) is 5.29. The maximum atomic E-state index is 11.6. The summed E-state index contributed by atoms with van der Waals surface area (Å²) in [6.07, 6.45) is 0. The topological polar surface area (TPSA) is 80.5 Å². The van der Waals surface area contributed by atoms with E-state index in [0.717, 1.165) is 0 Å². The number of anilines is 1. The van der Waals surface area contributed by atoms with Gasteiger partial charge in [0.2, 0.25) is 0 Å². The minimum atomic E-state index is -3.10. The number of benzene rings is 1. The van der Waals surface area contributed by atoms with Gasteiger partial charge in [-0.05, 0) is 13.0 Å². The zero-order valence-corrected chi connectivity index (χ0v) is 13.1. The van der Waals surface area contributed by atoms with Crippen LogP contribution in [-0.4, -0.2) is 37.9 Å². The summed E-state index contributed by atoms with van der Waals surface area (Å²) < 4.78 is 23.2. The van der Waals surface area contributed by atoms with Crippen LogP contribution in [0.15, 0.2) is 18.2 Å². The van der Waals surface area contributed by atoms with Gasteiger partial charge in [-0.25, -0.2) is 8.42 Å². The van der Waals surface area contributed by atoms with Crippen molar-refractivity contribution in [2.75, 3.05) is 23.5 Å². The lowest BCUT2D eigenvalue weighted by Gasteiger charge is -2.27. The molecule has 0 N–H and O–H groups in total. The summed E-state index contributed by atoms with van der Waals surface area (Å²) >= 11 is 6.02. The molecule has 1 aromatic rings. The monoisotopic (exact) mass is 320 g/mol. The lowest BCUT2D eigenvalue weighted by molar-refractivity contribution is -0.384. The van der Waals surface area contributed by atoms with Gasteiger partial charge in [-0.2, -0.15) is 0 Å². The van der Waals surface area contributed by atoms with E-state index in [-0.39, 0.29) is 28.3 Å².